The zero-order chi connectivity index (χ0) is 23.7. The molecule has 4 amide bonds. The van der Waals surface area contributed by atoms with Crippen molar-refractivity contribution in [2.45, 2.75) is 5.54 Å². The quantitative estimate of drug-likeness (QED) is 0.415. The molecule has 0 unspecified atom stereocenters. The van der Waals surface area contributed by atoms with Crippen molar-refractivity contribution in [2.75, 3.05) is 0 Å². The van der Waals surface area contributed by atoms with E-state index in [1.807, 2.05) is 12.1 Å². The first-order valence-electron chi connectivity index (χ1n) is 10.4. The number of carbonyl (C=O) groups is 3. The van der Waals surface area contributed by atoms with Gasteiger partial charge in [-0.25, -0.2) is 9.18 Å². The lowest BCUT2D eigenvalue weighted by molar-refractivity contribution is -0.131. The third-order valence-corrected chi connectivity index (χ3v) is 6.74. The molecule has 1 aromatic heterocycles. The van der Waals surface area contributed by atoms with Crippen LogP contribution in [0, 0.1) is 5.82 Å². The van der Waals surface area contributed by atoms with Gasteiger partial charge in [-0.1, -0.05) is 72.8 Å². The summed E-state index contributed by atoms with van der Waals surface area (Å²) in [6.45, 7) is 0. The predicted molar refractivity (Wildman–Crippen MR) is 126 cm³/mol. The smallest absolute Gasteiger partial charge is 0.314 e. The maximum Gasteiger partial charge on any atom is 0.344 e. The standard InChI is InChI=1S/C26H18FN3O3S/c27-20-13-11-17(12-14-20)21-15-16-22(34-21)23(31)29-30-24(32)26(28-25(30)33,18-7-3-1-4-8-18)19-9-5-2-6-10-19/h1-16H,(H,28,33)(H,29,31). The van der Waals surface area contributed by atoms with Gasteiger partial charge in [0.15, 0.2) is 5.54 Å². The van der Waals surface area contributed by atoms with E-state index in [2.05, 4.69) is 10.7 Å². The third-order valence-electron chi connectivity index (χ3n) is 5.61. The Morgan fingerprint density at radius 1 is 0.824 bits per heavy atom. The number of amides is 4. The molecule has 1 aliphatic heterocycles. The minimum atomic E-state index is -1.47. The van der Waals surface area contributed by atoms with Gasteiger partial charge in [-0.3, -0.25) is 15.0 Å². The molecule has 2 heterocycles. The number of urea groups is 1. The van der Waals surface area contributed by atoms with Gasteiger partial charge in [0.1, 0.15) is 5.82 Å². The van der Waals surface area contributed by atoms with Crippen molar-refractivity contribution >= 4 is 29.2 Å². The van der Waals surface area contributed by atoms with Crippen LogP contribution in [0.15, 0.2) is 97.1 Å². The summed E-state index contributed by atoms with van der Waals surface area (Å²) in [6, 6.07) is 26.3. The number of halogens is 1. The van der Waals surface area contributed by atoms with E-state index in [1.54, 1.807) is 72.8 Å². The number of hydrogen-bond donors (Lipinski definition) is 2. The van der Waals surface area contributed by atoms with E-state index in [4.69, 9.17) is 0 Å². The molecule has 4 aromatic rings. The van der Waals surface area contributed by atoms with Gasteiger partial charge in [-0.2, -0.15) is 5.01 Å². The van der Waals surface area contributed by atoms with Crippen LogP contribution < -0.4 is 10.7 Å². The number of carbonyl (C=O) groups excluding carboxylic acids is 3. The molecule has 0 radical (unpaired) electrons. The van der Waals surface area contributed by atoms with E-state index < -0.39 is 23.4 Å². The molecule has 1 saturated heterocycles. The van der Waals surface area contributed by atoms with Crippen LogP contribution in [0.2, 0.25) is 0 Å². The average molecular weight is 472 g/mol. The van der Waals surface area contributed by atoms with Gasteiger partial charge < -0.3 is 5.32 Å². The average Bonchev–Trinajstić information content (AvgIpc) is 3.46. The van der Waals surface area contributed by atoms with Crippen molar-refractivity contribution in [1.82, 2.24) is 15.8 Å². The highest BCUT2D eigenvalue weighted by Crippen LogP contribution is 2.35. The molecule has 3 aromatic carbocycles. The monoisotopic (exact) mass is 471 g/mol. The Kier molecular flexibility index (Phi) is 5.43. The summed E-state index contributed by atoms with van der Waals surface area (Å²) in [4.78, 5) is 40.6. The summed E-state index contributed by atoms with van der Waals surface area (Å²) in [5.41, 5.74) is 2.88. The van der Waals surface area contributed by atoms with Gasteiger partial charge >= 0.3 is 6.03 Å². The second kappa shape index (κ2) is 8.57. The van der Waals surface area contributed by atoms with E-state index in [0.717, 1.165) is 15.4 Å². The van der Waals surface area contributed by atoms with Crippen LogP contribution in [0.25, 0.3) is 10.4 Å². The Morgan fingerprint density at radius 3 is 2.00 bits per heavy atom. The highest BCUT2D eigenvalue weighted by Gasteiger charge is 2.54. The van der Waals surface area contributed by atoms with E-state index in [-0.39, 0.29) is 5.82 Å². The van der Waals surface area contributed by atoms with E-state index in [0.29, 0.717) is 16.0 Å². The number of rotatable bonds is 5. The van der Waals surface area contributed by atoms with Crippen LogP contribution in [-0.2, 0) is 10.3 Å². The lowest BCUT2D eigenvalue weighted by atomic mass is 9.83. The van der Waals surface area contributed by atoms with Crippen LogP contribution in [0.5, 0.6) is 0 Å². The Labute approximate surface area is 198 Å². The van der Waals surface area contributed by atoms with Crippen LogP contribution >= 0.6 is 11.3 Å². The molecule has 2 N–H and O–H groups in total. The summed E-state index contributed by atoms with van der Waals surface area (Å²) in [7, 11) is 0. The van der Waals surface area contributed by atoms with Crippen molar-refractivity contribution in [2.24, 2.45) is 0 Å². The summed E-state index contributed by atoms with van der Waals surface area (Å²) in [5, 5.41) is 3.51. The normalized spacial score (nSPS) is 14.7. The first-order valence-corrected chi connectivity index (χ1v) is 11.3. The largest absolute Gasteiger partial charge is 0.344 e. The highest BCUT2D eigenvalue weighted by atomic mass is 32.1. The molecule has 8 heteroatoms. The molecule has 5 rings (SSSR count). The maximum atomic E-state index is 13.7. The molecule has 34 heavy (non-hydrogen) atoms. The van der Waals surface area contributed by atoms with Gasteiger partial charge in [0.05, 0.1) is 4.88 Å². The van der Waals surface area contributed by atoms with Crippen LogP contribution in [0.3, 0.4) is 0 Å². The number of benzene rings is 3. The van der Waals surface area contributed by atoms with Crippen LogP contribution in [0.1, 0.15) is 20.8 Å². The molecule has 1 fully saturated rings. The zero-order valence-corrected chi connectivity index (χ0v) is 18.5. The van der Waals surface area contributed by atoms with Crippen molar-refractivity contribution in [1.29, 1.82) is 0 Å². The number of nitrogens with one attached hydrogen (secondary N) is 2. The third kappa shape index (κ3) is 3.64. The zero-order valence-electron chi connectivity index (χ0n) is 17.7. The predicted octanol–water partition coefficient (Wildman–Crippen LogP) is 4.69. The Morgan fingerprint density at radius 2 is 1.41 bits per heavy atom. The molecule has 168 valence electrons. The van der Waals surface area contributed by atoms with Crippen LogP contribution in [-0.4, -0.2) is 22.9 Å². The topological polar surface area (TPSA) is 78.5 Å². The highest BCUT2D eigenvalue weighted by molar-refractivity contribution is 7.17. The van der Waals surface area contributed by atoms with Crippen molar-refractivity contribution in [3.05, 3.63) is 119 Å². The fourth-order valence-electron chi connectivity index (χ4n) is 3.95. The summed E-state index contributed by atoms with van der Waals surface area (Å²) in [6.07, 6.45) is 0. The van der Waals surface area contributed by atoms with Crippen LogP contribution in [0.4, 0.5) is 9.18 Å². The Balaban J connectivity index is 1.44. The summed E-state index contributed by atoms with van der Waals surface area (Å²) in [5.74, 6) is -1.56. The Bertz CT molecular complexity index is 1330. The number of hydrazine groups is 1. The molecular formula is C26H18FN3O3S. The van der Waals surface area contributed by atoms with Crippen molar-refractivity contribution < 1.29 is 18.8 Å². The summed E-state index contributed by atoms with van der Waals surface area (Å²) >= 11 is 1.17. The fraction of sp³-hybridized carbons (Fsp3) is 0.0385. The second-order valence-electron chi connectivity index (χ2n) is 7.66. The van der Waals surface area contributed by atoms with E-state index in [1.165, 1.54) is 23.5 Å². The Hall–Kier alpha value is -4.30. The van der Waals surface area contributed by atoms with Crippen molar-refractivity contribution in [3.8, 4) is 10.4 Å². The van der Waals surface area contributed by atoms with E-state index >= 15 is 0 Å². The number of hydrogen-bond acceptors (Lipinski definition) is 4. The number of imide groups is 1. The molecule has 1 aliphatic rings. The lowest BCUT2D eigenvalue weighted by Crippen LogP contribution is -2.49. The van der Waals surface area contributed by atoms with Gasteiger partial charge in [0.2, 0.25) is 0 Å². The first-order chi connectivity index (χ1) is 16.5. The molecule has 0 spiro atoms. The summed E-state index contributed by atoms with van der Waals surface area (Å²) < 4.78 is 13.2. The first kappa shape index (κ1) is 21.5. The number of thiophene rings is 1. The molecule has 0 saturated carbocycles. The second-order valence-corrected chi connectivity index (χ2v) is 8.75. The molecule has 6 nitrogen and oxygen atoms in total. The van der Waals surface area contributed by atoms with Gasteiger partial charge in [0.25, 0.3) is 11.8 Å². The van der Waals surface area contributed by atoms with Crippen molar-refractivity contribution in [3.63, 3.8) is 0 Å². The minimum absolute atomic E-state index is 0.303. The lowest BCUT2D eigenvalue weighted by Gasteiger charge is -2.27. The van der Waals surface area contributed by atoms with E-state index in [9.17, 15) is 18.8 Å². The molecular weight excluding hydrogens is 453 g/mol. The molecule has 0 atom stereocenters. The number of nitrogens with zero attached hydrogens (tertiary/aromatic N) is 1. The maximum absolute atomic E-state index is 13.7. The van der Waals surface area contributed by atoms with Gasteiger partial charge in [0, 0.05) is 4.88 Å². The minimum Gasteiger partial charge on any atom is -0.314 e. The molecule has 0 aliphatic carbocycles. The molecule has 0 bridgehead atoms. The fourth-order valence-corrected chi connectivity index (χ4v) is 4.85. The van der Waals surface area contributed by atoms with Gasteiger partial charge in [-0.15, -0.1) is 11.3 Å². The van der Waals surface area contributed by atoms with Gasteiger partial charge in [-0.05, 0) is 41.0 Å². The SMILES string of the molecule is O=C(NN1C(=O)NC(c2ccccc2)(c2ccccc2)C1=O)c1ccc(-c2ccc(F)cc2)s1.